The third-order valence-corrected chi connectivity index (χ3v) is 4.44. The summed E-state index contributed by atoms with van der Waals surface area (Å²) in [5.74, 6) is -1.26. The van der Waals surface area contributed by atoms with Crippen LogP contribution in [-0.2, 0) is 16.6 Å². The van der Waals surface area contributed by atoms with Crippen LogP contribution in [0.2, 0.25) is 0 Å². The van der Waals surface area contributed by atoms with E-state index in [2.05, 4.69) is 15.9 Å². The number of rotatable bonds is 4. The molecule has 6 heteroatoms. The van der Waals surface area contributed by atoms with E-state index in [0.717, 1.165) is 0 Å². The van der Waals surface area contributed by atoms with Gasteiger partial charge in [0.15, 0.2) is 0 Å². The zero-order valence-corrected chi connectivity index (χ0v) is 12.6. The van der Waals surface area contributed by atoms with Gasteiger partial charge < -0.3 is 5.11 Å². The highest BCUT2D eigenvalue weighted by molar-refractivity contribution is 9.10. The molecule has 0 saturated heterocycles. The molecule has 0 fully saturated rings. The number of carbonyl (C=O) groups is 1. The van der Waals surface area contributed by atoms with E-state index < -0.39 is 22.6 Å². The molecule has 2 rings (SSSR count). The fraction of sp³-hybridized carbons (Fsp3) is 0.0714. The van der Waals surface area contributed by atoms with Gasteiger partial charge in [0.05, 0.1) is 22.1 Å². The van der Waals surface area contributed by atoms with Crippen LogP contribution in [-0.4, -0.2) is 15.3 Å². The molecule has 0 saturated carbocycles. The molecule has 3 nitrogen and oxygen atoms in total. The monoisotopic (exact) mass is 356 g/mol. The summed E-state index contributed by atoms with van der Waals surface area (Å²) < 4.78 is 26.0. The van der Waals surface area contributed by atoms with Crippen molar-refractivity contribution in [2.45, 2.75) is 10.6 Å². The third kappa shape index (κ3) is 3.74. The summed E-state index contributed by atoms with van der Waals surface area (Å²) in [4.78, 5) is 11.2. The van der Waals surface area contributed by atoms with Gasteiger partial charge >= 0.3 is 5.97 Å². The third-order valence-electron chi connectivity index (χ3n) is 2.58. The maximum absolute atomic E-state index is 13.2. The largest absolute Gasteiger partial charge is 0.478 e. The number of benzene rings is 2. The van der Waals surface area contributed by atoms with Crippen LogP contribution in [0.3, 0.4) is 0 Å². The minimum atomic E-state index is -1.35. The van der Waals surface area contributed by atoms with Crippen molar-refractivity contribution in [2.75, 3.05) is 0 Å². The summed E-state index contributed by atoms with van der Waals surface area (Å²) in [6.07, 6.45) is 0. The quantitative estimate of drug-likeness (QED) is 0.910. The average Bonchev–Trinajstić information content (AvgIpc) is 2.37. The number of hydrogen-bond donors (Lipinski definition) is 1. The first-order valence-corrected chi connectivity index (χ1v) is 7.73. The van der Waals surface area contributed by atoms with Crippen LogP contribution in [0.25, 0.3) is 0 Å². The molecule has 0 aliphatic heterocycles. The number of hydrogen-bond acceptors (Lipinski definition) is 2. The van der Waals surface area contributed by atoms with Crippen molar-refractivity contribution in [3.63, 3.8) is 0 Å². The molecule has 1 atom stereocenters. The van der Waals surface area contributed by atoms with Gasteiger partial charge in [-0.25, -0.2) is 9.18 Å². The SMILES string of the molecule is O=C(O)c1ccc(S(=O)Cc2cc(F)cc(Br)c2)cc1. The number of carboxylic acid groups (broad SMARTS) is 1. The van der Waals surface area contributed by atoms with E-state index in [1.807, 2.05) is 0 Å². The zero-order valence-electron chi connectivity index (χ0n) is 10.2. The lowest BCUT2D eigenvalue weighted by atomic mass is 10.2. The second-order valence-corrected chi connectivity index (χ2v) is 6.46. The summed E-state index contributed by atoms with van der Waals surface area (Å²) in [6.45, 7) is 0. The molecule has 0 amide bonds. The van der Waals surface area contributed by atoms with Crippen molar-refractivity contribution in [3.05, 3.63) is 63.9 Å². The van der Waals surface area contributed by atoms with E-state index in [-0.39, 0.29) is 11.3 Å². The Morgan fingerprint density at radius 3 is 2.40 bits per heavy atom. The molecular formula is C14H10BrFO3S. The van der Waals surface area contributed by atoms with Crippen molar-refractivity contribution < 1.29 is 18.5 Å². The lowest BCUT2D eigenvalue weighted by Crippen LogP contribution is -2.00. The highest BCUT2D eigenvalue weighted by Gasteiger charge is 2.09. The molecule has 1 unspecified atom stereocenters. The van der Waals surface area contributed by atoms with Crippen LogP contribution in [0.4, 0.5) is 4.39 Å². The zero-order chi connectivity index (χ0) is 14.7. The van der Waals surface area contributed by atoms with Gasteiger partial charge in [-0.05, 0) is 48.0 Å². The summed E-state index contributed by atoms with van der Waals surface area (Å²) in [5, 5.41) is 8.79. The Morgan fingerprint density at radius 1 is 1.20 bits per heavy atom. The standard InChI is InChI=1S/C14H10BrFO3S/c15-11-5-9(6-12(16)7-11)8-20(19)13-3-1-10(2-4-13)14(17)18/h1-7H,8H2,(H,17,18). The second-order valence-electron chi connectivity index (χ2n) is 4.10. The molecule has 0 radical (unpaired) electrons. The molecule has 2 aromatic carbocycles. The Labute approximate surface area is 126 Å². The topological polar surface area (TPSA) is 54.4 Å². The molecule has 0 bridgehead atoms. The van der Waals surface area contributed by atoms with Crippen LogP contribution in [0.1, 0.15) is 15.9 Å². The predicted molar refractivity (Wildman–Crippen MR) is 77.6 cm³/mol. The van der Waals surface area contributed by atoms with Gasteiger partial charge in [-0.1, -0.05) is 15.9 Å². The first-order chi connectivity index (χ1) is 9.45. The predicted octanol–water partition coefficient (Wildman–Crippen LogP) is 3.59. The Morgan fingerprint density at radius 2 is 1.85 bits per heavy atom. The normalized spacial score (nSPS) is 12.1. The van der Waals surface area contributed by atoms with Crippen molar-refractivity contribution in [1.82, 2.24) is 0 Å². The highest BCUT2D eigenvalue weighted by atomic mass is 79.9. The second kappa shape index (κ2) is 6.28. The Kier molecular flexibility index (Phi) is 4.67. The van der Waals surface area contributed by atoms with Gasteiger partial charge in [0.25, 0.3) is 0 Å². The molecule has 0 spiro atoms. The average molecular weight is 357 g/mol. The first kappa shape index (κ1) is 14.9. The molecular weight excluding hydrogens is 347 g/mol. The lowest BCUT2D eigenvalue weighted by Gasteiger charge is -2.04. The molecule has 1 N–H and O–H groups in total. The molecule has 0 aromatic heterocycles. The Bertz CT molecular complexity index is 650. The van der Waals surface area contributed by atoms with E-state index >= 15 is 0 Å². The van der Waals surface area contributed by atoms with Crippen LogP contribution >= 0.6 is 15.9 Å². The molecule has 104 valence electrons. The first-order valence-electron chi connectivity index (χ1n) is 5.62. The van der Waals surface area contributed by atoms with Gasteiger partial charge in [-0.15, -0.1) is 0 Å². The van der Waals surface area contributed by atoms with E-state index in [9.17, 15) is 13.4 Å². The Balaban J connectivity index is 2.17. The maximum Gasteiger partial charge on any atom is 0.335 e. The lowest BCUT2D eigenvalue weighted by molar-refractivity contribution is 0.0697. The van der Waals surface area contributed by atoms with Crippen molar-refractivity contribution in [1.29, 1.82) is 0 Å². The minimum absolute atomic E-state index is 0.138. The number of carboxylic acids is 1. The molecule has 20 heavy (non-hydrogen) atoms. The highest BCUT2D eigenvalue weighted by Crippen LogP contribution is 2.19. The van der Waals surface area contributed by atoms with Gasteiger partial charge in [-0.2, -0.15) is 0 Å². The fourth-order valence-corrected chi connectivity index (χ4v) is 3.27. The summed E-state index contributed by atoms with van der Waals surface area (Å²) in [5.41, 5.74) is 0.747. The van der Waals surface area contributed by atoms with E-state index in [0.29, 0.717) is 14.9 Å². The van der Waals surface area contributed by atoms with Crippen molar-refractivity contribution in [3.8, 4) is 0 Å². The summed E-state index contributed by atoms with van der Waals surface area (Å²) in [7, 11) is -1.35. The van der Waals surface area contributed by atoms with E-state index in [1.54, 1.807) is 6.07 Å². The van der Waals surface area contributed by atoms with Crippen LogP contribution in [0.15, 0.2) is 51.8 Å². The van der Waals surface area contributed by atoms with Crippen LogP contribution < -0.4 is 0 Å². The summed E-state index contributed by atoms with van der Waals surface area (Å²) in [6, 6.07) is 10.2. The van der Waals surface area contributed by atoms with Crippen molar-refractivity contribution >= 4 is 32.7 Å². The van der Waals surface area contributed by atoms with Gasteiger partial charge in [0.2, 0.25) is 0 Å². The maximum atomic E-state index is 13.2. The van der Waals surface area contributed by atoms with Crippen LogP contribution in [0.5, 0.6) is 0 Å². The molecule has 2 aromatic rings. The van der Waals surface area contributed by atoms with E-state index in [1.165, 1.54) is 36.4 Å². The Hall–Kier alpha value is -1.53. The molecule has 0 aliphatic rings. The van der Waals surface area contributed by atoms with Crippen molar-refractivity contribution in [2.24, 2.45) is 0 Å². The molecule has 0 heterocycles. The fourth-order valence-electron chi connectivity index (χ4n) is 1.68. The number of aromatic carboxylic acids is 1. The molecule has 0 aliphatic carbocycles. The van der Waals surface area contributed by atoms with E-state index in [4.69, 9.17) is 5.11 Å². The smallest absolute Gasteiger partial charge is 0.335 e. The van der Waals surface area contributed by atoms with Crippen LogP contribution in [0, 0.1) is 5.82 Å². The summed E-state index contributed by atoms with van der Waals surface area (Å²) >= 11 is 3.18. The number of halogens is 2. The van der Waals surface area contributed by atoms with Gasteiger partial charge in [-0.3, -0.25) is 4.21 Å². The van der Waals surface area contributed by atoms with Gasteiger partial charge in [0.1, 0.15) is 5.82 Å². The van der Waals surface area contributed by atoms with Gasteiger partial charge in [0, 0.05) is 9.37 Å². The minimum Gasteiger partial charge on any atom is -0.478 e.